The van der Waals surface area contributed by atoms with E-state index >= 15 is 0 Å². The Morgan fingerprint density at radius 2 is 2.15 bits per heavy atom. The van der Waals surface area contributed by atoms with Crippen LogP contribution in [0.25, 0.3) is 0 Å². The molecule has 0 aliphatic carbocycles. The number of hydrogen-bond donors (Lipinski definition) is 3. The predicted octanol–water partition coefficient (Wildman–Crippen LogP) is 3.01. The van der Waals surface area contributed by atoms with Gasteiger partial charge in [-0.15, -0.1) is 0 Å². The number of aliphatic hydroxyl groups excluding tert-OH is 1. The summed E-state index contributed by atoms with van der Waals surface area (Å²) in [5.41, 5.74) is 6.66. The molecule has 1 aromatic carbocycles. The number of unbranched alkanes of at least 4 members (excludes halogenated alkanes) is 1. The molecule has 4 N–H and O–H groups in total. The third kappa shape index (κ3) is 5.02. The molecule has 0 saturated heterocycles. The zero-order chi connectivity index (χ0) is 15.0. The van der Waals surface area contributed by atoms with Gasteiger partial charge >= 0.3 is 0 Å². The molecule has 0 amide bonds. The van der Waals surface area contributed by atoms with E-state index < -0.39 is 5.82 Å². The molecule has 3 nitrogen and oxygen atoms in total. The lowest BCUT2D eigenvalue weighted by Crippen LogP contribution is -2.43. The first kappa shape index (κ1) is 17.4. The average Bonchev–Trinajstić information content (AvgIpc) is 2.44. The fourth-order valence-electron chi connectivity index (χ4n) is 2.23. The van der Waals surface area contributed by atoms with Crippen molar-refractivity contribution < 1.29 is 9.50 Å². The van der Waals surface area contributed by atoms with E-state index in [1.54, 1.807) is 12.1 Å². The molecule has 0 heterocycles. The van der Waals surface area contributed by atoms with Crippen molar-refractivity contribution in [2.45, 2.75) is 44.7 Å². The summed E-state index contributed by atoms with van der Waals surface area (Å²) in [6, 6.07) is 4.97. The highest BCUT2D eigenvalue weighted by molar-refractivity contribution is 6.30. The number of rotatable bonds is 9. The Balaban J connectivity index is 2.84. The number of hydrogen-bond acceptors (Lipinski definition) is 3. The van der Waals surface area contributed by atoms with Gasteiger partial charge in [0.1, 0.15) is 5.82 Å². The third-order valence-corrected chi connectivity index (χ3v) is 3.69. The molecule has 0 radical (unpaired) electrons. The standard InChI is InChI=1S/C15H24ClFN2O/c1-2-3-9-19-15(18)12(7-5-10-20)11-6-4-8-13(16)14(11)17/h4,6,8,12,15,19-20H,2-3,5,7,9-10,18H2,1H3. The molecule has 20 heavy (non-hydrogen) atoms. The van der Waals surface area contributed by atoms with Crippen molar-refractivity contribution in [1.29, 1.82) is 0 Å². The predicted molar refractivity (Wildman–Crippen MR) is 81.4 cm³/mol. The monoisotopic (exact) mass is 302 g/mol. The van der Waals surface area contributed by atoms with E-state index in [0.717, 1.165) is 19.4 Å². The van der Waals surface area contributed by atoms with Crippen LogP contribution in [-0.4, -0.2) is 24.4 Å². The lowest BCUT2D eigenvalue weighted by Gasteiger charge is -2.26. The van der Waals surface area contributed by atoms with Crippen LogP contribution in [0.3, 0.4) is 0 Å². The maximum absolute atomic E-state index is 14.1. The van der Waals surface area contributed by atoms with Gasteiger partial charge in [0.05, 0.1) is 11.2 Å². The first-order valence-electron chi connectivity index (χ1n) is 7.15. The van der Waals surface area contributed by atoms with Crippen LogP contribution in [0.4, 0.5) is 4.39 Å². The van der Waals surface area contributed by atoms with Gasteiger partial charge in [-0.2, -0.15) is 0 Å². The Labute approximate surface area is 125 Å². The normalized spacial score (nSPS) is 14.2. The van der Waals surface area contributed by atoms with Crippen LogP contribution in [0, 0.1) is 5.82 Å². The van der Waals surface area contributed by atoms with Crippen LogP contribution in [0.5, 0.6) is 0 Å². The first-order valence-corrected chi connectivity index (χ1v) is 7.53. The van der Waals surface area contributed by atoms with Gasteiger partial charge in [0.25, 0.3) is 0 Å². The molecule has 1 rings (SSSR count). The average molecular weight is 303 g/mol. The fraction of sp³-hybridized carbons (Fsp3) is 0.600. The van der Waals surface area contributed by atoms with Crippen LogP contribution in [0.15, 0.2) is 18.2 Å². The van der Waals surface area contributed by atoms with Gasteiger partial charge in [0, 0.05) is 12.5 Å². The largest absolute Gasteiger partial charge is 0.396 e. The quantitative estimate of drug-likeness (QED) is 0.485. The fourth-order valence-corrected chi connectivity index (χ4v) is 2.42. The van der Waals surface area contributed by atoms with E-state index in [9.17, 15) is 4.39 Å². The van der Waals surface area contributed by atoms with Gasteiger partial charge in [-0.3, -0.25) is 0 Å². The summed E-state index contributed by atoms with van der Waals surface area (Å²) >= 11 is 5.84. The molecule has 2 unspecified atom stereocenters. The number of aliphatic hydroxyl groups is 1. The molecule has 5 heteroatoms. The molecule has 2 atom stereocenters. The SMILES string of the molecule is CCCCNC(N)C(CCCO)c1cccc(Cl)c1F. The lowest BCUT2D eigenvalue weighted by molar-refractivity contribution is 0.271. The minimum atomic E-state index is -0.412. The molecular formula is C15H24ClFN2O. The lowest BCUT2D eigenvalue weighted by atomic mass is 9.91. The van der Waals surface area contributed by atoms with Crippen molar-refractivity contribution in [2.75, 3.05) is 13.2 Å². The Bertz CT molecular complexity index is 403. The number of nitrogens with one attached hydrogen (secondary N) is 1. The summed E-state index contributed by atoms with van der Waals surface area (Å²) in [5, 5.41) is 12.3. The maximum Gasteiger partial charge on any atom is 0.145 e. The molecule has 0 aliphatic heterocycles. The van der Waals surface area contributed by atoms with Crippen molar-refractivity contribution in [2.24, 2.45) is 5.73 Å². The maximum atomic E-state index is 14.1. The molecular weight excluding hydrogens is 279 g/mol. The smallest absolute Gasteiger partial charge is 0.145 e. The molecule has 0 bridgehead atoms. The summed E-state index contributed by atoms with van der Waals surface area (Å²) < 4.78 is 14.1. The minimum Gasteiger partial charge on any atom is -0.396 e. The second-order valence-corrected chi connectivity index (χ2v) is 5.36. The van der Waals surface area contributed by atoms with Gasteiger partial charge in [0.2, 0.25) is 0 Å². The van der Waals surface area contributed by atoms with E-state index in [4.69, 9.17) is 22.4 Å². The molecule has 0 aromatic heterocycles. The minimum absolute atomic E-state index is 0.0698. The zero-order valence-electron chi connectivity index (χ0n) is 11.9. The zero-order valence-corrected chi connectivity index (χ0v) is 12.7. The first-order chi connectivity index (χ1) is 9.61. The van der Waals surface area contributed by atoms with Crippen molar-refractivity contribution in [3.05, 3.63) is 34.6 Å². The molecule has 0 spiro atoms. The highest BCUT2D eigenvalue weighted by atomic mass is 35.5. The van der Waals surface area contributed by atoms with E-state index in [-0.39, 0.29) is 23.7 Å². The second kappa shape index (κ2) is 9.29. The van der Waals surface area contributed by atoms with E-state index in [1.807, 2.05) is 0 Å². The third-order valence-electron chi connectivity index (χ3n) is 3.40. The molecule has 1 aromatic rings. The number of halogens is 2. The highest BCUT2D eigenvalue weighted by Crippen LogP contribution is 2.29. The van der Waals surface area contributed by atoms with Crippen LogP contribution in [-0.2, 0) is 0 Å². The Hall–Kier alpha value is -0.680. The molecule has 114 valence electrons. The van der Waals surface area contributed by atoms with Gasteiger partial charge in [-0.25, -0.2) is 4.39 Å². The van der Waals surface area contributed by atoms with Crippen molar-refractivity contribution in [3.8, 4) is 0 Å². The molecule has 0 saturated carbocycles. The summed E-state index contributed by atoms with van der Waals surface area (Å²) in [7, 11) is 0. The van der Waals surface area contributed by atoms with Crippen LogP contribution < -0.4 is 11.1 Å². The van der Waals surface area contributed by atoms with E-state index in [1.165, 1.54) is 6.07 Å². The summed E-state index contributed by atoms with van der Waals surface area (Å²) in [6.07, 6.45) is 2.96. The summed E-state index contributed by atoms with van der Waals surface area (Å²) in [5.74, 6) is -0.609. The molecule has 0 fully saturated rings. The van der Waals surface area contributed by atoms with Gasteiger partial charge in [-0.1, -0.05) is 37.1 Å². The summed E-state index contributed by atoms with van der Waals surface area (Å²) in [6.45, 7) is 2.98. The van der Waals surface area contributed by atoms with Gasteiger partial charge < -0.3 is 16.2 Å². The molecule has 0 aliphatic rings. The van der Waals surface area contributed by atoms with Crippen molar-refractivity contribution in [3.63, 3.8) is 0 Å². The van der Waals surface area contributed by atoms with Crippen molar-refractivity contribution in [1.82, 2.24) is 5.32 Å². The van der Waals surface area contributed by atoms with Crippen LogP contribution in [0.2, 0.25) is 5.02 Å². The number of nitrogens with two attached hydrogens (primary N) is 1. The van der Waals surface area contributed by atoms with Gasteiger partial charge in [-0.05, 0) is 37.4 Å². The Morgan fingerprint density at radius 3 is 2.80 bits per heavy atom. The second-order valence-electron chi connectivity index (χ2n) is 4.95. The summed E-state index contributed by atoms with van der Waals surface area (Å²) in [4.78, 5) is 0. The Morgan fingerprint density at radius 1 is 1.40 bits per heavy atom. The van der Waals surface area contributed by atoms with Crippen molar-refractivity contribution >= 4 is 11.6 Å². The Kier molecular flexibility index (Phi) is 8.07. The van der Waals surface area contributed by atoms with E-state index in [0.29, 0.717) is 18.4 Å². The van der Waals surface area contributed by atoms with Crippen LogP contribution in [0.1, 0.15) is 44.1 Å². The number of benzene rings is 1. The van der Waals surface area contributed by atoms with Gasteiger partial charge in [0.15, 0.2) is 0 Å². The topological polar surface area (TPSA) is 58.3 Å². The van der Waals surface area contributed by atoms with Crippen LogP contribution >= 0.6 is 11.6 Å². The highest BCUT2D eigenvalue weighted by Gasteiger charge is 2.23. The van der Waals surface area contributed by atoms with E-state index in [2.05, 4.69) is 12.2 Å².